The van der Waals surface area contributed by atoms with Crippen molar-refractivity contribution >= 4 is 17.6 Å². The number of benzene rings is 2. The molecule has 3 rings (SSSR count). The molecule has 0 saturated carbocycles. The lowest BCUT2D eigenvalue weighted by Crippen LogP contribution is -1.90. The average molecular weight is 341 g/mol. The number of aryl methyl sites for hydroxylation is 1. The summed E-state index contributed by atoms with van der Waals surface area (Å²) in [6.45, 7) is 1.73. The molecule has 8 heteroatoms. The molecule has 0 spiro atoms. The monoisotopic (exact) mass is 341 g/mol. The van der Waals surface area contributed by atoms with Crippen LogP contribution in [0.15, 0.2) is 51.9 Å². The second-order valence-electron chi connectivity index (χ2n) is 5.20. The first kappa shape index (κ1) is 16.3. The number of hydrogen-bond acceptors (Lipinski definition) is 6. The normalized spacial score (nSPS) is 11.1. The highest BCUT2D eigenvalue weighted by Gasteiger charge is 2.17. The van der Waals surface area contributed by atoms with Gasteiger partial charge in [0.1, 0.15) is 11.5 Å². The standard InChI is InChI=1S/C17H12FN3O4/c1-10-6-7-13(15(8-10)21(23)24)19-9-14-17(22)25-16(20-14)11-4-2-3-5-12(11)18/h2-9,22H,1H3. The predicted molar refractivity (Wildman–Crippen MR) is 88.6 cm³/mol. The van der Waals surface area contributed by atoms with E-state index in [0.29, 0.717) is 0 Å². The molecule has 0 bridgehead atoms. The van der Waals surface area contributed by atoms with Crippen molar-refractivity contribution < 1.29 is 18.8 Å². The van der Waals surface area contributed by atoms with Crippen LogP contribution in [0.5, 0.6) is 5.95 Å². The highest BCUT2D eigenvalue weighted by Crippen LogP contribution is 2.30. The van der Waals surface area contributed by atoms with Crippen molar-refractivity contribution in [2.45, 2.75) is 6.92 Å². The number of oxazole rings is 1. The number of nitro benzene ring substituents is 1. The molecule has 0 unspecified atom stereocenters. The summed E-state index contributed by atoms with van der Waals surface area (Å²) in [5.74, 6) is -1.23. The number of halogens is 1. The molecule has 0 atom stereocenters. The fourth-order valence-electron chi connectivity index (χ4n) is 2.18. The van der Waals surface area contributed by atoms with Crippen molar-refractivity contribution in [1.82, 2.24) is 4.98 Å². The lowest BCUT2D eigenvalue weighted by molar-refractivity contribution is -0.384. The molecule has 25 heavy (non-hydrogen) atoms. The van der Waals surface area contributed by atoms with Gasteiger partial charge in [0, 0.05) is 6.07 Å². The van der Waals surface area contributed by atoms with Crippen LogP contribution in [0.25, 0.3) is 11.5 Å². The van der Waals surface area contributed by atoms with Gasteiger partial charge in [0.2, 0.25) is 5.89 Å². The molecular weight excluding hydrogens is 329 g/mol. The molecule has 2 aromatic carbocycles. The summed E-state index contributed by atoms with van der Waals surface area (Å²) in [5.41, 5.74) is 0.669. The Bertz CT molecular complexity index is 982. The lowest BCUT2D eigenvalue weighted by atomic mass is 10.2. The zero-order valence-electron chi connectivity index (χ0n) is 13.0. The fraction of sp³-hybridized carbons (Fsp3) is 0.0588. The summed E-state index contributed by atoms with van der Waals surface area (Å²) in [4.78, 5) is 18.5. The molecule has 0 fully saturated rings. The van der Waals surface area contributed by atoms with Gasteiger partial charge >= 0.3 is 5.95 Å². The van der Waals surface area contributed by atoms with E-state index in [0.717, 1.165) is 11.8 Å². The van der Waals surface area contributed by atoms with Gasteiger partial charge in [-0.05, 0) is 30.7 Å². The Morgan fingerprint density at radius 3 is 2.80 bits per heavy atom. The Balaban J connectivity index is 1.96. The number of aromatic hydroxyl groups is 1. The number of nitrogens with zero attached hydrogens (tertiary/aromatic N) is 3. The van der Waals surface area contributed by atoms with Crippen LogP contribution < -0.4 is 0 Å². The minimum atomic E-state index is -0.559. The molecule has 0 amide bonds. The molecule has 3 aromatic rings. The highest BCUT2D eigenvalue weighted by molar-refractivity contribution is 5.84. The maximum absolute atomic E-state index is 13.8. The summed E-state index contributed by atoms with van der Waals surface area (Å²) in [6.07, 6.45) is 1.13. The Kier molecular flexibility index (Phi) is 4.25. The number of aliphatic imine (C=N–C) groups is 1. The summed E-state index contributed by atoms with van der Waals surface area (Å²) < 4.78 is 18.8. The van der Waals surface area contributed by atoms with E-state index in [-0.39, 0.29) is 28.5 Å². The van der Waals surface area contributed by atoms with Gasteiger partial charge in [-0.3, -0.25) is 10.1 Å². The van der Waals surface area contributed by atoms with Crippen LogP contribution >= 0.6 is 0 Å². The smallest absolute Gasteiger partial charge is 0.312 e. The van der Waals surface area contributed by atoms with Crippen molar-refractivity contribution in [3.8, 4) is 17.4 Å². The quantitative estimate of drug-likeness (QED) is 0.436. The van der Waals surface area contributed by atoms with Crippen molar-refractivity contribution in [2.75, 3.05) is 0 Å². The molecule has 0 aliphatic heterocycles. The van der Waals surface area contributed by atoms with Crippen LogP contribution in [0, 0.1) is 22.9 Å². The van der Waals surface area contributed by atoms with E-state index < -0.39 is 16.7 Å². The Hall–Kier alpha value is -3.55. The minimum absolute atomic E-state index is 0.0619. The van der Waals surface area contributed by atoms with E-state index in [1.807, 2.05) is 0 Å². The third kappa shape index (κ3) is 3.37. The van der Waals surface area contributed by atoms with E-state index in [9.17, 15) is 19.6 Å². The van der Waals surface area contributed by atoms with Gasteiger partial charge in [0.15, 0.2) is 5.69 Å². The first-order valence-electron chi connectivity index (χ1n) is 7.19. The number of nitro groups is 1. The van der Waals surface area contributed by atoms with Crippen LogP contribution in [-0.2, 0) is 0 Å². The van der Waals surface area contributed by atoms with E-state index in [2.05, 4.69) is 9.98 Å². The fourth-order valence-corrected chi connectivity index (χ4v) is 2.18. The lowest BCUT2D eigenvalue weighted by Gasteiger charge is -1.98. The maximum Gasteiger partial charge on any atom is 0.312 e. The van der Waals surface area contributed by atoms with Gasteiger partial charge in [0.25, 0.3) is 5.69 Å². The molecular formula is C17H12FN3O4. The van der Waals surface area contributed by atoms with Gasteiger partial charge < -0.3 is 9.52 Å². The van der Waals surface area contributed by atoms with E-state index in [1.54, 1.807) is 19.1 Å². The predicted octanol–water partition coefficient (Wildman–Crippen LogP) is 4.15. The summed E-state index contributed by atoms with van der Waals surface area (Å²) in [5, 5.41) is 20.9. The third-order valence-electron chi connectivity index (χ3n) is 3.39. The summed E-state index contributed by atoms with van der Waals surface area (Å²) >= 11 is 0. The van der Waals surface area contributed by atoms with Crippen LogP contribution in [0.4, 0.5) is 15.8 Å². The molecule has 126 valence electrons. The summed E-state index contributed by atoms with van der Waals surface area (Å²) in [7, 11) is 0. The number of aromatic nitrogens is 1. The first-order valence-corrected chi connectivity index (χ1v) is 7.19. The van der Waals surface area contributed by atoms with Crippen LogP contribution in [0.1, 0.15) is 11.3 Å². The van der Waals surface area contributed by atoms with Crippen molar-refractivity contribution in [3.63, 3.8) is 0 Å². The van der Waals surface area contributed by atoms with Gasteiger partial charge in [0.05, 0.1) is 16.7 Å². The average Bonchev–Trinajstić information content (AvgIpc) is 2.94. The van der Waals surface area contributed by atoms with Crippen LogP contribution in [0.2, 0.25) is 0 Å². The van der Waals surface area contributed by atoms with E-state index in [1.165, 1.54) is 30.3 Å². The molecule has 1 N–H and O–H groups in total. The SMILES string of the molecule is Cc1ccc(N=Cc2nc(-c3ccccc3F)oc2O)c([N+](=O)[O-])c1. The Morgan fingerprint density at radius 2 is 2.08 bits per heavy atom. The van der Waals surface area contributed by atoms with E-state index >= 15 is 0 Å². The molecule has 0 aliphatic rings. The minimum Gasteiger partial charge on any atom is -0.479 e. The van der Waals surface area contributed by atoms with Crippen molar-refractivity contribution in [2.24, 2.45) is 4.99 Å². The second kappa shape index (κ2) is 6.52. The molecule has 1 aromatic heterocycles. The van der Waals surface area contributed by atoms with E-state index in [4.69, 9.17) is 4.42 Å². The van der Waals surface area contributed by atoms with Gasteiger partial charge in [-0.15, -0.1) is 0 Å². The van der Waals surface area contributed by atoms with Crippen molar-refractivity contribution in [3.05, 3.63) is 69.7 Å². The second-order valence-corrected chi connectivity index (χ2v) is 5.20. The number of rotatable bonds is 4. The topological polar surface area (TPSA) is 102 Å². The molecule has 7 nitrogen and oxygen atoms in total. The maximum atomic E-state index is 13.8. The highest BCUT2D eigenvalue weighted by atomic mass is 19.1. The molecule has 0 aliphatic carbocycles. The van der Waals surface area contributed by atoms with Gasteiger partial charge in [-0.1, -0.05) is 18.2 Å². The Labute approximate surface area is 141 Å². The van der Waals surface area contributed by atoms with Crippen molar-refractivity contribution in [1.29, 1.82) is 0 Å². The molecule has 0 saturated heterocycles. The van der Waals surface area contributed by atoms with Crippen LogP contribution in [0.3, 0.4) is 0 Å². The number of hydrogen-bond donors (Lipinski definition) is 1. The first-order chi connectivity index (χ1) is 12.0. The van der Waals surface area contributed by atoms with Gasteiger partial charge in [-0.2, -0.15) is 0 Å². The van der Waals surface area contributed by atoms with Crippen LogP contribution in [-0.4, -0.2) is 21.2 Å². The third-order valence-corrected chi connectivity index (χ3v) is 3.39. The zero-order valence-corrected chi connectivity index (χ0v) is 13.0. The largest absolute Gasteiger partial charge is 0.479 e. The summed E-state index contributed by atoms with van der Waals surface area (Å²) in [6, 6.07) is 10.3. The Morgan fingerprint density at radius 1 is 1.32 bits per heavy atom. The molecule has 0 radical (unpaired) electrons. The van der Waals surface area contributed by atoms with Gasteiger partial charge in [-0.25, -0.2) is 14.4 Å². The zero-order chi connectivity index (χ0) is 18.0. The molecule has 1 heterocycles.